The second-order valence-electron chi connectivity index (χ2n) is 6.50. The lowest BCUT2D eigenvalue weighted by atomic mass is 10.0. The van der Waals surface area contributed by atoms with E-state index in [9.17, 15) is 13.2 Å². The van der Waals surface area contributed by atoms with Gasteiger partial charge in [-0.3, -0.25) is 9.78 Å². The first-order valence-corrected chi connectivity index (χ1v) is 10.6. The summed E-state index contributed by atoms with van der Waals surface area (Å²) in [6, 6.07) is 18.4. The van der Waals surface area contributed by atoms with Crippen molar-refractivity contribution in [3.8, 4) is 0 Å². The lowest BCUT2D eigenvalue weighted by Gasteiger charge is -2.20. The molecule has 0 aliphatic carbocycles. The number of rotatable bonds is 6. The van der Waals surface area contributed by atoms with Gasteiger partial charge >= 0.3 is 0 Å². The van der Waals surface area contributed by atoms with Crippen LogP contribution in [0.25, 0.3) is 0 Å². The fraction of sp³-hybridized carbons (Fsp3) is 0.143. The van der Waals surface area contributed by atoms with Crippen LogP contribution in [0.15, 0.2) is 77.8 Å². The monoisotopic (exact) mass is 429 g/mol. The molecule has 8 heteroatoms. The van der Waals surface area contributed by atoms with Crippen molar-refractivity contribution in [2.45, 2.75) is 10.9 Å². The lowest BCUT2D eigenvalue weighted by Crippen LogP contribution is -2.30. The van der Waals surface area contributed by atoms with Gasteiger partial charge in [-0.25, -0.2) is 12.7 Å². The maximum absolute atomic E-state index is 13.0. The highest BCUT2D eigenvalue weighted by molar-refractivity contribution is 7.89. The maximum atomic E-state index is 13.0. The zero-order valence-corrected chi connectivity index (χ0v) is 17.5. The van der Waals surface area contributed by atoms with Crippen LogP contribution in [0, 0.1) is 0 Å². The molecule has 0 radical (unpaired) electrons. The van der Waals surface area contributed by atoms with Crippen LogP contribution in [0.1, 0.15) is 27.7 Å². The molecule has 1 atom stereocenters. The Morgan fingerprint density at radius 3 is 2.34 bits per heavy atom. The van der Waals surface area contributed by atoms with Gasteiger partial charge in [0, 0.05) is 20.3 Å². The number of benzene rings is 2. The van der Waals surface area contributed by atoms with Crippen molar-refractivity contribution in [2.24, 2.45) is 0 Å². The normalized spacial score (nSPS) is 12.6. The molecule has 1 amide bonds. The molecule has 1 N–H and O–H groups in total. The van der Waals surface area contributed by atoms with E-state index in [1.54, 1.807) is 12.3 Å². The number of hydrogen-bond donors (Lipinski definition) is 1. The second-order valence-corrected chi connectivity index (χ2v) is 9.06. The van der Waals surface area contributed by atoms with E-state index in [0.29, 0.717) is 5.69 Å². The van der Waals surface area contributed by atoms with Crippen LogP contribution < -0.4 is 5.32 Å². The zero-order chi connectivity index (χ0) is 21.0. The Morgan fingerprint density at radius 2 is 1.72 bits per heavy atom. The van der Waals surface area contributed by atoms with Gasteiger partial charge in [0.2, 0.25) is 10.0 Å². The van der Waals surface area contributed by atoms with Crippen LogP contribution in [0.3, 0.4) is 0 Å². The number of carbonyl (C=O) groups excluding carboxylic acids is 1. The topological polar surface area (TPSA) is 79.4 Å². The highest BCUT2D eigenvalue weighted by atomic mass is 35.5. The molecule has 3 rings (SSSR count). The highest BCUT2D eigenvalue weighted by Crippen LogP contribution is 2.25. The van der Waals surface area contributed by atoms with Crippen molar-refractivity contribution < 1.29 is 13.2 Å². The van der Waals surface area contributed by atoms with Crippen LogP contribution in [0.4, 0.5) is 0 Å². The third-order valence-electron chi connectivity index (χ3n) is 4.35. The fourth-order valence-electron chi connectivity index (χ4n) is 2.78. The third-order valence-corrected chi connectivity index (χ3v) is 6.49. The summed E-state index contributed by atoms with van der Waals surface area (Å²) in [5, 5.41) is 3.08. The van der Waals surface area contributed by atoms with E-state index in [2.05, 4.69) is 10.3 Å². The minimum absolute atomic E-state index is 0.00820. The number of halogens is 1. The minimum Gasteiger partial charge on any atom is -0.339 e. The first kappa shape index (κ1) is 21.0. The molecule has 0 aliphatic heterocycles. The molecule has 0 saturated heterocycles. The number of pyridine rings is 1. The standard InChI is InChI=1S/C21H20ClN3O3S/c1-25(2)29(27,28)16-11-12-18(22)17(14-16)21(26)24-20(15-8-4-3-5-9-15)19-10-6-7-13-23-19/h3-14,20H,1-2H3,(H,24,26). The largest absolute Gasteiger partial charge is 0.339 e. The number of sulfonamides is 1. The van der Waals surface area contributed by atoms with E-state index in [0.717, 1.165) is 9.87 Å². The van der Waals surface area contributed by atoms with Crippen LogP contribution in [0.5, 0.6) is 0 Å². The van der Waals surface area contributed by atoms with Crippen LogP contribution >= 0.6 is 11.6 Å². The number of nitrogens with zero attached hydrogens (tertiary/aromatic N) is 2. The van der Waals surface area contributed by atoms with Gasteiger partial charge in [0.15, 0.2) is 0 Å². The molecule has 0 aliphatic rings. The Kier molecular flexibility index (Phi) is 6.32. The Balaban J connectivity index is 1.99. The molecule has 0 spiro atoms. The van der Waals surface area contributed by atoms with Crippen molar-refractivity contribution in [1.82, 2.24) is 14.6 Å². The summed E-state index contributed by atoms with van der Waals surface area (Å²) in [6.45, 7) is 0. The summed E-state index contributed by atoms with van der Waals surface area (Å²) in [4.78, 5) is 17.4. The van der Waals surface area contributed by atoms with E-state index in [-0.39, 0.29) is 15.5 Å². The Hall–Kier alpha value is -2.74. The Morgan fingerprint density at radius 1 is 1.03 bits per heavy atom. The van der Waals surface area contributed by atoms with Crippen molar-refractivity contribution in [1.29, 1.82) is 0 Å². The van der Waals surface area contributed by atoms with Crippen molar-refractivity contribution in [3.05, 3.63) is 94.8 Å². The van der Waals surface area contributed by atoms with Crippen LogP contribution in [-0.4, -0.2) is 37.7 Å². The Labute approximate surface area is 175 Å². The van der Waals surface area contributed by atoms with Crippen molar-refractivity contribution >= 4 is 27.5 Å². The third kappa shape index (κ3) is 4.64. The number of amides is 1. The summed E-state index contributed by atoms with van der Waals surface area (Å²) in [5.41, 5.74) is 1.57. The number of aromatic nitrogens is 1. The predicted molar refractivity (Wildman–Crippen MR) is 112 cm³/mol. The van der Waals surface area contributed by atoms with E-state index in [1.807, 2.05) is 42.5 Å². The van der Waals surface area contributed by atoms with Gasteiger partial charge in [-0.05, 0) is 35.9 Å². The summed E-state index contributed by atoms with van der Waals surface area (Å²) in [5.74, 6) is -0.495. The molecular formula is C21H20ClN3O3S. The predicted octanol–water partition coefficient (Wildman–Crippen LogP) is 3.50. The van der Waals surface area contributed by atoms with Gasteiger partial charge < -0.3 is 5.32 Å². The fourth-order valence-corrected chi connectivity index (χ4v) is 3.91. The van der Waals surface area contributed by atoms with E-state index in [1.165, 1.54) is 32.3 Å². The van der Waals surface area contributed by atoms with E-state index < -0.39 is 22.0 Å². The van der Waals surface area contributed by atoms with E-state index in [4.69, 9.17) is 11.6 Å². The molecular weight excluding hydrogens is 410 g/mol. The molecule has 1 unspecified atom stereocenters. The molecule has 2 aromatic carbocycles. The minimum atomic E-state index is -3.70. The number of hydrogen-bond acceptors (Lipinski definition) is 4. The summed E-state index contributed by atoms with van der Waals surface area (Å²) in [7, 11) is -0.847. The van der Waals surface area contributed by atoms with Crippen LogP contribution in [-0.2, 0) is 10.0 Å². The quantitative estimate of drug-likeness (QED) is 0.650. The summed E-state index contributed by atoms with van der Waals surface area (Å²) < 4.78 is 25.9. The average molecular weight is 430 g/mol. The number of nitrogens with one attached hydrogen (secondary N) is 1. The molecule has 0 fully saturated rings. The van der Waals surface area contributed by atoms with Gasteiger partial charge in [0.1, 0.15) is 0 Å². The zero-order valence-electron chi connectivity index (χ0n) is 15.9. The van der Waals surface area contributed by atoms with Gasteiger partial charge in [0.05, 0.1) is 27.2 Å². The maximum Gasteiger partial charge on any atom is 0.253 e. The smallest absolute Gasteiger partial charge is 0.253 e. The number of carbonyl (C=O) groups is 1. The average Bonchev–Trinajstić information content (AvgIpc) is 2.73. The molecule has 1 heterocycles. The van der Waals surface area contributed by atoms with Gasteiger partial charge in [-0.1, -0.05) is 48.0 Å². The van der Waals surface area contributed by atoms with Crippen molar-refractivity contribution in [2.75, 3.05) is 14.1 Å². The van der Waals surface area contributed by atoms with Crippen LogP contribution in [0.2, 0.25) is 5.02 Å². The second kappa shape index (κ2) is 8.73. The molecule has 150 valence electrons. The molecule has 6 nitrogen and oxygen atoms in total. The van der Waals surface area contributed by atoms with Gasteiger partial charge in [-0.2, -0.15) is 0 Å². The van der Waals surface area contributed by atoms with Gasteiger partial charge in [-0.15, -0.1) is 0 Å². The molecule has 0 saturated carbocycles. The van der Waals surface area contributed by atoms with Crippen molar-refractivity contribution in [3.63, 3.8) is 0 Å². The molecule has 1 aromatic heterocycles. The lowest BCUT2D eigenvalue weighted by molar-refractivity contribution is 0.0942. The highest BCUT2D eigenvalue weighted by Gasteiger charge is 2.23. The molecule has 29 heavy (non-hydrogen) atoms. The van der Waals surface area contributed by atoms with Gasteiger partial charge in [0.25, 0.3) is 5.91 Å². The molecule has 3 aromatic rings. The first-order chi connectivity index (χ1) is 13.8. The molecule has 0 bridgehead atoms. The Bertz CT molecular complexity index is 1070. The summed E-state index contributed by atoms with van der Waals surface area (Å²) in [6.07, 6.45) is 1.65. The SMILES string of the molecule is CN(C)S(=O)(=O)c1ccc(Cl)c(C(=O)NC(c2ccccc2)c2ccccn2)c1. The van der Waals surface area contributed by atoms with E-state index >= 15 is 0 Å². The summed E-state index contributed by atoms with van der Waals surface area (Å²) >= 11 is 6.21. The first-order valence-electron chi connectivity index (χ1n) is 8.79.